The van der Waals surface area contributed by atoms with Crippen molar-refractivity contribution in [2.24, 2.45) is 0 Å². The SMILES string of the molecule is CC.CC[C@H]1CCCCCN1C(=O)OC(C)(C)C. The van der Waals surface area contributed by atoms with E-state index in [2.05, 4.69) is 6.92 Å². The van der Waals surface area contributed by atoms with Crippen LogP contribution >= 0.6 is 0 Å². The lowest BCUT2D eigenvalue weighted by Crippen LogP contribution is -2.42. The maximum Gasteiger partial charge on any atom is 0.410 e. The van der Waals surface area contributed by atoms with Crippen molar-refractivity contribution in [3.05, 3.63) is 0 Å². The highest BCUT2D eigenvalue weighted by Crippen LogP contribution is 2.21. The van der Waals surface area contributed by atoms with Gasteiger partial charge >= 0.3 is 6.09 Å². The third kappa shape index (κ3) is 6.27. The molecule has 0 N–H and O–H groups in total. The average molecular weight is 257 g/mol. The van der Waals surface area contributed by atoms with Crippen LogP contribution in [0.15, 0.2) is 0 Å². The summed E-state index contributed by atoms with van der Waals surface area (Å²) in [6.07, 6.45) is 5.58. The number of nitrogens with zero attached hydrogens (tertiary/aromatic N) is 1. The van der Waals surface area contributed by atoms with Gasteiger partial charge in [-0.05, 0) is 40.0 Å². The molecule has 1 fully saturated rings. The van der Waals surface area contributed by atoms with Crippen molar-refractivity contribution in [2.75, 3.05) is 6.54 Å². The molecule has 1 aliphatic rings. The van der Waals surface area contributed by atoms with Gasteiger partial charge < -0.3 is 9.64 Å². The van der Waals surface area contributed by atoms with Gasteiger partial charge in [0.1, 0.15) is 5.60 Å². The van der Waals surface area contributed by atoms with Crippen LogP contribution in [0, 0.1) is 0 Å². The van der Waals surface area contributed by atoms with E-state index < -0.39 is 0 Å². The molecule has 1 aliphatic heterocycles. The second kappa shape index (κ2) is 8.39. The molecule has 0 saturated carbocycles. The van der Waals surface area contributed by atoms with Crippen LogP contribution in [0.4, 0.5) is 4.79 Å². The highest BCUT2D eigenvalue weighted by Gasteiger charge is 2.28. The van der Waals surface area contributed by atoms with Crippen molar-refractivity contribution in [1.29, 1.82) is 0 Å². The van der Waals surface area contributed by atoms with E-state index >= 15 is 0 Å². The Bertz CT molecular complexity index is 233. The van der Waals surface area contributed by atoms with Gasteiger partial charge in [-0.15, -0.1) is 0 Å². The molecule has 0 radical (unpaired) electrons. The summed E-state index contributed by atoms with van der Waals surface area (Å²) in [5, 5.41) is 0. The van der Waals surface area contributed by atoms with Crippen LogP contribution < -0.4 is 0 Å². The molecule has 108 valence electrons. The van der Waals surface area contributed by atoms with Crippen molar-refractivity contribution < 1.29 is 9.53 Å². The monoisotopic (exact) mass is 257 g/mol. The lowest BCUT2D eigenvalue weighted by atomic mass is 10.1. The Morgan fingerprint density at radius 2 is 1.83 bits per heavy atom. The van der Waals surface area contributed by atoms with Crippen molar-refractivity contribution in [3.8, 4) is 0 Å². The number of amides is 1. The first-order chi connectivity index (χ1) is 8.44. The molecule has 1 atom stereocenters. The molecule has 0 aromatic carbocycles. The molecule has 0 aliphatic carbocycles. The predicted molar refractivity (Wildman–Crippen MR) is 76.8 cm³/mol. The number of carbonyl (C=O) groups is 1. The fraction of sp³-hybridized carbons (Fsp3) is 0.933. The normalized spacial score (nSPS) is 20.6. The number of rotatable bonds is 1. The summed E-state index contributed by atoms with van der Waals surface area (Å²) in [7, 11) is 0. The Morgan fingerprint density at radius 3 is 2.33 bits per heavy atom. The summed E-state index contributed by atoms with van der Waals surface area (Å²) in [5.74, 6) is 0. The van der Waals surface area contributed by atoms with Crippen molar-refractivity contribution >= 4 is 6.09 Å². The molecule has 1 saturated heterocycles. The predicted octanol–water partition coefficient (Wildman–Crippen LogP) is 4.60. The lowest BCUT2D eigenvalue weighted by molar-refractivity contribution is 0.0162. The van der Waals surface area contributed by atoms with Crippen LogP contribution in [0.1, 0.15) is 73.6 Å². The molecule has 3 nitrogen and oxygen atoms in total. The van der Waals surface area contributed by atoms with Gasteiger partial charge in [-0.2, -0.15) is 0 Å². The number of carbonyl (C=O) groups excluding carboxylic acids is 1. The minimum absolute atomic E-state index is 0.138. The smallest absolute Gasteiger partial charge is 0.410 e. The number of ether oxygens (including phenoxy) is 1. The molecule has 18 heavy (non-hydrogen) atoms. The fourth-order valence-corrected chi connectivity index (χ4v) is 2.16. The summed E-state index contributed by atoms with van der Waals surface area (Å²) >= 11 is 0. The van der Waals surface area contributed by atoms with E-state index in [0.29, 0.717) is 6.04 Å². The molecular weight excluding hydrogens is 226 g/mol. The fourth-order valence-electron chi connectivity index (χ4n) is 2.16. The minimum atomic E-state index is -0.387. The van der Waals surface area contributed by atoms with E-state index in [1.807, 2.05) is 39.5 Å². The molecule has 1 amide bonds. The standard InChI is InChI=1S/C13H25NO2.C2H6/c1-5-11-9-7-6-8-10-14(11)12(15)16-13(2,3)4;1-2/h11H,5-10H2,1-4H3;1-2H3/t11-;/m0./s1. The summed E-state index contributed by atoms with van der Waals surface area (Å²) in [5.41, 5.74) is -0.387. The van der Waals surface area contributed by atoms with Gasteiger partial charge in [-0.1, -0.05) is 33.6 Å². The molecule has 3 heteroatoms. The van der Waals surface area contributed by atoms with Gasteiger partial charge in [-0.25, -0.2) is 4.79 Å². The van der Waals surface area contributed by atoms with Crippen molar-refractivity contribution in [2.45, 2.75) is 85.3 Å². The second-order valence-electron chi connectivity index (χ2n) is 5.59. The van der Waals surface area contributed by atoms with E-state index in [1.165, 1.54) is 12.8 Å². The molecule has 1 rings (SSSR count). The third-order valence-corrected chi connectivity index (χ3v) is 2.98. The van der Waals surface area contributed by atoms with E-state index in [-0.39, 0.29) is 11.7 Å². The Kier molecular flexibility index (Phi) is 8.05. The quantitative estimate of drug-likeness (QED) is 0.687. The average Bonchev–Trinajstić information content (AvgIpc) is 2.54. The van der Waals surface area contributed by atoms with E-state index in [4.69, 9.17) is 4.74 Å². The summed E-state index contributed by atoms with van der Waals surface area (Å²) in [6.45, 7) is 12.8. The summed E-state index contributed by atoms with van der Waals surface area (Å²) in [6, 6.07) is 0.373. The van der Waals surface area contributed by atoms with Crippen molar-refractivity contribution in [1.82, 2.24) is 4.90 Å². The van der Waals surface area contributed by atoms with Gasteiger partial charge in [0, 0.05) is 12.6 Å². The summed E-state index contributed by atoms with van der Waals surface area (Å²) in [4.78, 5) is 14.0. The highest BCUT2D eigenvalue weighted by atomic mass is 16.6. The second-order valence-corrected chi connectivity index (χ2v) is 5.59. The van der Waals surface area contributed by atoms with Gasteiger partial charge in [0.25, 0.3) is 0 Å². The molecule has 0 unspecified atom stereocenters. The maximum absolute atomic E-state index is 12.0. The lowest BCUT2D eigenvalue weighted by Gasteiger charge is -2.31. The largest absolute Gasteiger partial charge is 0.444 e. The molecule has 1 heterocycles. The Hall–Kier alpha value is -0.730. The summed E-state index contributed by atoms with van der Waals surface area (Å²) < 4.78 is 5.45. The van der Waals surface area contributed by atoms with Crippen LogP contribution in [0.25, 0.3) is 0 Å². The van der Waals surface area contributed by atoms with Gasteiger partial charge in [-0.3, -0.25) is 0 Å². The number of likely N-dealkylation sites (tertiary alicyclic amines) is 1. The van der Waals surface area contributed by atoms with Crippen LogP contribution in [0.5, 0.6) is 0 Å². The molecular formula is C15H31NO2. The molecule has 0 aromatic rings. The Labute approximate surface area is 113 Å². The third-order valence-electron chi connectivity index (χ3n) is 2.98. The Morgan fingerprint density at radius 1 is 1.22 bits per heavy atom. The zero-order valence-electron chi connectivity index (χ0n) is 13.1. The molecule has 0 aromatic heterocycles. The first-order valence-corrected chi connectivity index (χ1v) is 7.43. The zero-order chi connectivity index (χ0) is 14.2. The highest BCUT2D eigenvalue weighted by molar-refractivity contribution is 5.68. The molecule has 0 spiro atoms. The number of hydrogen-bond donors (Lipinski definition) is 0. The van der Waals surface area contributed by atoms with Crippen LogP contribution in [0.3, 0.4) is 0 Å². The number of hydrogen-bond acceptors (Lipinski definition) is 2. The maximum atomic E-state index is 12.0. The van der Waals surface area contributed by atoms with Gasteiger partial charge in [0.05, 0.1) is 0 Å². The topological polar surface area (TPSA) is 29.5 Å². The van der Waals surface area contributed by atoms with E-state index in [0.717, 1.165) is 25.8 Å². The molecule has 0 bridgehead atoms. The van der Waals surface area contributed by atoms with Crippen LogP contribution in [-0.4, -0.2) is 29.2 Å². The van der Waals surface area contributed by atoms with E-state index in [9.17, 15) is 4.79 Å². The van der Waals surface area contributed by atoms with Gasteiger partial charge in [0.15, 0.2) is 0 Å². The Balaban J connectivity index is 0.00000137. The van der Waals surface area contributed by atoms with Crippen molar-refractivity contribution in [3.63, 3.8) is 0 Å². The van der Waals surface area contributed by atoms with Crippen LogP contribution in [-0.2, 0) is 4.74 Å². The van der Waals surface area contributed by atoms with Crippen LogP contribution in [0.2, 0.25) is 0 Å². The first kappa shape index (κ1) is 17.3. The van der Waals surface area contributed by atoms with Gasteiger partial charge in [0.2, 0.25) is 0 Å². The first-order valence-electron chi connectivity index (χ1n) is 7.43. The van der Waals surface area contributed by atoms with E-state index in [1.54, 1.807) is 0 Å². The zero-order valence-corrected chi connectivity index (χ0v) is 13.1. The minimum Gasteiger partial charge on any atom is -0.444 e.